The molecule has 4 atom stereocenters. The van der Waals surface area contributed by atoms with E-state index in [4.69, 9.17) is 11.5 Å². The molecule has 14 heteroatoms. The zero-order valence-corrected chi connectivity index (χ0v) is 25.1. The van der Waals surface area contributed by atoms with E-state index in [1.807, 2.05) is 18.2 Å². The van der Waals surface area contributed by atoms with E-state index in [1.165, 1.54) is 9.80 Å². The van der Waals surface area contributed by atoms with Crippen LogP contribution in [0, 0.1) is 0 Å². The number of aliphatic imine (C=N–C) groups is 2. The summed E-state index contributed by atoms with van der Waals surface area (Å²) in [7, 11) is 0. The van der Waals surface area contributed by atoms with Gasteiger partial charge in [0.2, 0.25) is 5.79 Å². The molecular weight excluding hydrogens is 578 g/mol. The van der Waals surface area contributed by atoms with E-state index in [1.54, 1.807) is 30.3 Å². The summed E-state index contributed by atoms with van der Waals surface area (Å²) in [6.07, 6.45) is 2.70. The minimum Gasteiger partial charge on any atom is -0.370 e. The molecule has 2 aromatic carbocycles. The first-order valence-corrected chi connectivity index (χ1v) is 15.1. The number of carbonyl (C=O) groups is 3. The van der Waals surface area contributed by atoms with Crippen LogP contribution in [0.5, 0.6) is 0 Å². The Hall–Kier alpha value is -4.69. The quantitative estimate of drug-likeness (QED) is 0.190. The highest BCUT2D eigenvalue weighted by Gasteiger charge is 2.73. The number of hydrogen-bond acceptors (Lipinski definition) is 11. The van der Waals surface area contributed by atoms with Crippen LogP contribution in [0.25, 0.3) is 0 Å². The number of urea groups is 1. The number of nitrogens with two attached hydrogens (primary N) is 2. The number of fused-ring (bicyclic) bond motifs is 1. The van der Waals surface area contributed by atoms with Crippen LogP contribution in [0.4, 0.5) is 10.5 Å². The molecule has 2 unspecified atom stereocenters. The van der Waals surface area contributed by atoms with Crippen LogP contribution in [0.1, 0.15) is 48.2 Å². The first kappa shape index (κ1) is 29.0. The maximum atomic E-state index is 13.8. The third kappa shape index (κ3) is 4.19. The largest absolute Gasteiger partial charge is 0.370 e. The van der Waals surface area contributed by atoms with Gasteiger partial charge in [0, 0.05) is 17.8 Å². The Labute approximate surface area is 259 Å². The summed E-state index contributed by atoms with van der Waals surface area (Å²) in [4.78, 5) is 53.0. The number of nitrogens with zero attached hydrogens (tertiary/aromatic N) is 5. The van der Waals surface area contributed by atoms with Crippen molar-refractivity contribution in [2.45, 2.75) is 68.1 Å². The van der Waals surface area contributed by atoms with Crippen LogP contribution >= 0.6 is 0 Å². The smallest absolute Gasteiger partial charge is 0.331 e. The van der Waals surface area contributed by atoms with Crippen LogP contribution in [0.2, 0.25) is 0 Å². The van der Waals surface area contributed by atoms with E-state index >= 15 is 0 Å². The second kappa shape index (κ2) is 9.91. The molecule has 0 aromatic heterocycles. The minimum atomic E-state index is -2.65. The van der Waals surface area contributed by atoms with Crippen molar-refractivity contribution in [2.24, 2.45) is 21.5 Å². The van der Waals surface area contributed by atoms with Gasteiger partial charge in [-0.3, -0.25) is 19.4 Å². The zero-order valence-electron chi connectivity index (χ0n) is 25.1. The molecular formula is C31H37N9O5. The Kier molecular flexibility index (Phi) is 6.39. The average molecular weight is 616 g/mol. The fourth-order valence-corrected chi connectivity index (χ4v) is 7.73. The van der Waals surface area contributed by atoms with Gasteiger partial charge in [0.05, 0.1) is 12.6 Å². The average Bonchev–Trinajstić information content (AvgIpc) is 3.58. The third-order valence-electron chi connectivity index (χ3n) is 9.98. The lowest BCUT2D eigenvalue weighted by atomic mass is 9.71. The Morgan fingerprint density at radius 2 is 1.84 bits per heavy atom. The molecule has 4 aliphatic heterocycles. The van der Waals surface area contributed by atoms with E-state index in [-0.39, 0.29) is 37.0 Å². The molecule has 4 amide bonds. The fourth-order valence-electron chi connectivity index (χ4n) is 7.73. The van der Waals surface area contributed by atoms with Crippen molar-refractivity contribution in [1.82, 2.24) is 20.4 Å². The third-order valence-corrected chi connectivity index (χ3v) is 9.98. The number of aliphatic hydroxyl groups is 2. The van der Waals surface area contributed by atoms with Gasteiger partial charge in [-0.05, 0) is 54.0 Å². The predicted molar refractivity (Wildman–Crippen MR) is 165 cm³/mol. The Bertz CT molecular complexity index is 1660. The molecule has 8 N–H and O–H groups in total. The van der Waals surface area contributed by atoms with Crippen molar-refractivity contribution in [2.75, 3.05) is 24.5 Å². The van der Waals surface area contributed by atoms with Gasteiger partial charge in [0.1, 0.15) is 18.6 Å². The maximum absolute atomic E-state index is 13.8. The van der Waals surface area contributed by atoms with Gasteiger partial charge in [-0.2, -0.15) is 0 Å². The first-order valence-electron chi connectivity index (χ1n) is 15.1. The summed E-state index contributed by atoms with van der Waals surface area (Å²) in [6.45, 7) is 3.82. The molecule has 2 fully saturated rings. The highest BCUT2D eigenvalue weighted by molar-refractivity contribution is 6.12. The first-order chi connectivity index (χ1) is 21.3. The summed E-state index contributed by atoms with van der Waals surface area (Å²) in [5.41, 5.74) is 13.8. The van der Waals surface area contributed by atoms with E-state index < -0.39 is 47.4 Å². The Balaban J connectivity index is 1.17. The topological polar surface area (TPSA) is 202 Å². The number of benzene rings is 2. The van der Waals surface area contributed by atoms with E-state index in [0.717, 1.165) is 35.3 Å². The van der Waals surface area contributed by atoms with Crippen LogP contribution < -0.4 is 27.0 Å². The Morgan fingerprint density at radius 1 is 1.09 bits per heavy atom. The Morgan fingerprint density at radius 3 is 2.60 bits per heavy atom. The monoisotopic (exact) mass is 615 g/mol. The molecule has 45 heavy (non-hydrogen) atoms. The highest BCUT2D eigenvalue weighted by atomic mass is 16.5. The lowest BCUT2D eigenvalue weighted by Gasteiger charge is -2.49. The number of para-hydroxylation sites is 1. The number of rotatable bonds is 5. The van der Waals surface area contributed by atoms with Crippen molar-refractivity contribution in [3.8, 4) is 0 Å². The number of guanidine groups is 2. The molecule has 236 valence electrons. The van der Waals surface area contributed by atoms with Gasteiger partial charge < -0.3 is 37.2 Å². The summed E-state index contributed by atoms with van der Waals surface area (Å²) in [5.74, 6) is -3.70. The van der Waals surface area contributed by atoms with Gasteiger partial charge >= 0.3 is 6.03 Å². The van der Waals surface area contributed by atoms with Gasteiger partial charge in [-0.1, -0.05) is 44.2 Å². The molecule has 0 bridgehead atoms. The fraction of sp³-hybridized carbons (Fsp3) is 0.452. The van der Waals surface area contributed by atoms with Crippen molar-refractivity contribution < 1.29 is 24.6 Å². The molecule has 1 spiro atoms. The van der Waals surface area contributed by atoms with Gasteiger partial charge in [-0.15, -0.1) is 0 Å². The lowest BCUT2D eigenvalue weighted by Crippen LogP contribution is -2.78. The lowest BCUT2D eigenvalue weighted by molar-refractivity contribution is -0.230. The number of imide groups is 1. The van der Waals surface area contributed by atoms with E-state index in [9.17, 15) is 24.6 Å². The van der Waals surface area contributed by atoms with Crippen LogP contribution in [0.15, 0.2) is 58.5 Å². The normalized spacial score (nSPS) is 29.4. The zero-order chi connectivity index (χ0) is 31.9. The number of anilines is 1. The predicted octanol–water partition coefficient (Wildman–Crippen LogP) is -0.456. The summed E-state index contributed by atoms with van der Waals surface area (Å²) in [5, 5.41) is 29.5. The van der Waals surface area contributed by atoms with Crippen molar-refractivity contribution >= 4 is 35.5 Å². The van der Waals surface area contributed by atoms with Gasteiger partial charge in [-0.25, -0.2) is 14.8 Å². The van der Waals surface area contributed by atoms with E-state index in [0.29, 0.717) is 11.3 Å². The number of nitrogens with one attached hydrogen (secondary N) is 2. The summed E-state index contributed by atoms with van der Waals surface area (Å²) >= 11 is 0. The van der Waals surface area contributed by atoms with Crippen molar-refractivity contribution in [3.63, 3.8) is 0 Å². The van der Waals surface area contributed by atoms with Crippen LogP contribution in [-0.2, 0) is 16.6 Å². The molecule has 4 heterocycles. The summed E-state index contributed by atoms with van der Waals surface area (Å²) in [6, 6.07) is 10.7. The second-order valence-corrected chi connectivity index (χ2v) is 13.0. The molecule has 2 aromatic rings. The van der Waals surface area contributed by atoms with Crippen molar-refractivity contribution in [1.29, 1.82) is 0 Å². The van der Waals surface area contributed by atoms with Crippen molar-refractivity contribution in [3.05, 3.63) is 65.2 Å². The summed E-state index contributed by atoms with van der Waals surface area (Å²) < 4.78 is 0. The molecule has 2 saturated heterocycles. The highest BCUT2D eigenvalue weighted by Crippen LogP contribution is 2.45. The van der Waals surface area contributed by atoms with Gasteiger partial charge in [0.25, 0.3) is 11.8 Å². The SMILES string of the molecule is CC1(C)CCCc2c(C(=O)NC3CN4C(N)=N[C@@H](CN5C(=O)CN(c6ccccc6)C5=O)[C@@H]5N=C(N)NC54C3(O)O)cccc21. The number of hydrogen-bond donors (Lipinski definition) is 6. The number of carbonyl (C=O) groups excluding carboxylic acids is 3. The molecule has 14 nitrogen and oxygen atoms in total. The maximum Gasteiger partial charge on any atom is 0.331 e. The van der Waals surface area contributed by atoms with Gasteiger partial charge in [0.15, 0.2) is 17.6 Å². The molecule has 0 radical (unpaired) electrons. The van der Waals surface area contributed by atoms with E-state index in [2.05, 4.69) is 34.5 Å². The number of amides is 4. The molecule has 1 aliphatic carbocycles. The second-order valence-electron chi connectivity index (χ2n) is 13.0. The standard InChI is InChI=1S/C31H37N9O5/c1-29(2)13-7-11-18-19(10-6-12-20(18)29)25(42)35-22-15-40-27(33)34-21(24-30(40,31(22,44)45)37-26(32)36-24)14-39-23(41)16-38(28(39)43)17-8-4-3-5-9-17/h3-6,8-10,12,21-22,24,44-45H,7,11,13-16H2,1-2H3,(H2,33,34)(H,35,42)(H3,32,36,37)/t21-,22?,24-,30?/m0/s1. The van der Waals surface area contributed by atoms with Crippen LogP contribution in [0.3, 0.4) is 0 Å². The van der Waals surface area contributed by atoms with Crippen LogP contribution in [-0.4, -0.2) is 99.0 Å². The molecule has 0 saturated carbocycles. The molecule has 7 rings (SSSR count). The minimum absolute atomic E-state index is 0.0734. The molecule has 5 aliphatic rings.